The van der Waals surface area contributed by atoms with E-state index in [1.807, 2.05) is 4.90 Å². The van der Waals surface area contributed by atoms with Gasteiger partial charge in [-0.25, -0.2) is 8.42 Å². The molecule has 0 spiro atoms. The Labute approximate surface area is 102 Å². The molecule has 0 aliphatic carbocycles. The van der Waals surface area contributed by atoms with Gasteiger partial charge in [-0.3, -0.25) is 4.90 Å². The summed E-state index contributed by atoms with van der Waals surface area (Å²) in [6, 6.07) is -0.326. The molecule has 0 aromatic heterocycles. The van der Waals surface area contributed by atoms with Gasteiger partial charge in [0.15, 0.2) is 9.84 Å². The Kier molecular flexibility index (Phi) is 3.27. The fraction of sp³-hybridized carbons (Fsp3) is 1.00. The molecule has 0 unspecified atom stereocenters. The first-order chi connectivity index (χ1) is 7.71. The highest BCUT2D eigenvalue weighted by molar-refractivity contribution is 7.91. The second-order valence-corrected chi connectivity index (χ2v) is 8.09. The number of aliphatic hydroxyl groups excluding tert-OH is 1. The van der Waals surface area contributed by atoms with Crippen LogP contribution in [0.1, 0.15) is 20.3 Å². The Hall–Kier alpha value is -0.170. The molecule has 2 heterocycles. The average Bonchev–Trinajstić information content (AvgIpc) is 2.33. The molecule has 0 radical (unpaired) electrons. The molecule has 17 heavy (non-hydrogen) atoms. The highest BCUT2D eigenvalue weighted by atomic mass is 32.2. The van der Waals surface area contributed by atoms with Crippen LogP contribution < -0.4 is 0 Å². The van der Waals surface area contributed by atoms with Gasteiger partial charge in [0.2, 0.25) is 0 Å². The summed E-state index contributed by atoms with van der Waals surface area (Å²) in [5, 5.41) is 19.9. The molecular weight excluding hydrogens is 242 g/mol. The normalized spacial score (nSPS) is 36.1. The maximum absolute atomic E-state index is 11.4. The molecule has 2 saturated heterocycles. The van der Waals surface area contributed by atoms with Crippen LogP contribution in [-0.4, -0.2) is 65.9 Å². The molecule has 2 aliphatic heterocycles. The van der Waals surface area contributed by atoms with Crippen molar-refractivity contribution in [2.24, 2.45) is 5.92 Å². The molecule has 2 rings (SSSR count). The van der Waals surface area contributed by atoms with Crippen LogP contribution in [0.5, 0.6) is 0 Å². The smallest absolute Gasteiger partial charge is 0.154 e. The molecule has 5 nitrogen and oxygen atoms in total. The third-order valence-electron chi connectivity index (χ3n) is 3.55. The van der Waals surface area contributed by atoms with Crippen molar-refractivity contribution in [2.75, 3.05) is 24.6 Å². The van der Waals surface area contributed by atoms with Gasteiger partial charge < -0.3 is 10.2 Å². The molecule has 0 amide bonds. The lowest BCUT2D eigenvalue weighted by molar-refractivity contribution is -0.133. The monoisotopic (exact) mass is 263 g/mol. The van der Waals surface area contributed by atoms with Crippen LogP contribution in [0.2, 0.25) is 0 Å². The summed E-state index contributed by atoms with van der Waals surface area (Å²) in [4.78, 5) is 1.89. The zero-order valence-corrected chi connectivity index (χ0v) is 11.2. The van der Waals surface area contributed by atoms with E-state index in [-0.39, 0.29) is 17.5 Å². The van der Waals surface area contributed by atoms with Gasteiger partial charge in [0.1, 0.15) is 0 Å². The van der Waals surface area contributed by atoms with E-state index in [1.54, 1.807) is 0 Å². The van der Waals surface area contributed by atoms with Crippen LogP contribution in [0.3, 0.4) is 0 Å². The van der Waals surface area contributed by atoms with Crippen molar-refractivity contribution >= 4 is 9.84 Å². The number of aliphatic hydroxyl groups is 2. The van der Waals surface area contributed by atoms with Gasteiger partial charge in [0.25, 0.3) is 0 Å². The zero-order valence-electron chi connectivity index (χ0n) is 10.3. The van der Waals surface area contributed by atoms with Crippen LogP contribution in [0.4, 0.5) is 0 Å². The molecule has 2 fully saturated rings. The van der Waals surface area contributed by atoms with E-state index in [9.17, 15) is 18.6 Å². The Balaban J connectivity index is 1.92. The van der Waals surface area contributed by atoms with E-state index in [0.717, 1.165) is 6.42 Å². The second kappa shape index (κ2) is 4.19. The molecule has 2 atom stereocenters. The van der Waals surface area contributed by atoms with Crippen LogP contribution in [-0.2, 0) is 9.84 Å². The van der Waals surface area contributed by atoms with E-state index < -0.39 is 21.5 Å². The topological polar surface area (TPSA) is 77.8 Å². The number of β-amino-alcohol motifs (C(OH)–C–C–N with tert-alkyl or cyclic N) is 1. The zero-order chi connectivity index (χ0) is 12.8. The summed E-state index contributed by atoms with van der Waals surface area (Å²) in [6.07, 6.45) is -0.0809. The maximum Gasteiger partial charge on any atom is 0.154 e. The third kappa shape index (κ3) is 2.81. The lowest BCUT2D eigenvalue weighted by atomic mass is 9.84. The Morgan fingerprint density at radius 2 is 1.94 bits per heavy atom. The molecule has 0 aromatic carbocycles. The molecular formula is C11H21NO4S. The minimum absolute atomic E-state index is 0.0198. The standard InChI is InChI=1S/C11H21NO4S/c1-8(2)3-11(14)6-12(7-11)9-4-17(15,16)5-10(9)13/h8-10,13-14H,3-7H2,1-2H3/t9-,10-/m1/s1. The van der Waals surface area contributed by atoms with E-state index in [4.69, 9.17) is 0 Å². The highest BCUT2D eigenvalue weighted by Gasteiger charge is 2.49. The van der Waals surface area contributed by atoms with Gasteiger partial charge in [0.05, 0.1) is 29.3 Å². The minimum atomic E-state index is -3.10. The summed E-state index contributed by atoms with van der Waals surface area (Å²) in [5.74, 6) is 0.294. The Bertz CT molecular complexity index is 386. The fourth-order valence-corrected chi connectivity index (χ4v) is 4.82. The number of likely N-dealkylation sites (tertiary alicyclic amines) is 1. The van der Waals surface area contributed by atoms with Crippen molar-refractivity contribution in [1.29, 1.82) is 0 Å². The minimum Gasteiger partial charge on any atom is -0.390 e. The van der Waals surface area contributed by atoms with Crippen LogP contribution in [0, 0.1) is 5.92 Å². The maximum atomic E-state index is 11.4. The predicted molar refractivity (Wildman–Crippen MR) is 64.4 cm³/mol. The van der Waals surface area contributed by atoms with E-state index in [1.165, 1.54) is 0 Å². The predicted octanol–water partition coefficient (Wildman–Crippen LogP) is -0.763. The van der Waals surface area contributed by atoms with Gasteiger partial charge in [-0.2, -0.15) is 0 Å². The molecule has 6 heteroatoms. The molecule has 2 N–H and O–H groups in total. The quantitative estimate of drug-likeness (QED) is 0.699. The number of sulfone groups is 1. The van der Waals surface area contributed by atoms with E-state index >= 15 is 0 Å². The van der Waals surface area contributed by atoms with Crippen molar-refractivity contribution in [2.45, 2.75) is 38.0 Å². The average molecular weight is 263 g/mol. The highest BCUT2D eigenvalue weighted by Crippen LogP contribution is 2.32. The Morgan fingerprint density at radius 3 is 2.35 bits per heavy atom. The van der Waals surface area contributed by atoms with Gasteiger partial charge >= 0.3 is 0 Å². The summed E-state index contributed by atoms with van der Waals surface area (Å²) in [7, 11) is -3.10. The van der Waals surface area contributed by atoms with Crippen LogP contribution in [0.25, 0.3) is 0 Å². The molecule has 2 aliphatic rings. The summed E-state index contributed by atoms with van der Waals surface area (Å²) in [5.41, 5.74) is -0.694. The lowest BCUT2D eigenvalue weighted by Crippen LogP contribution is -2.66. The number of hydrogen-bond donors (Lipinski definition) is 2. The number of rotatable bonds is 3. The van der Waals surface area contributed by atoms with Gasteiger partial charge in [-0.05, 0) is 12.3 Å². The van der Waals surface area contributed by atoms with E-state index in [0.29, 0.717) is 19.0 Å². The molecule has 0 saturated carbocycles. The number of hydrogen-bond acceptors (Lipinski definition) is 5. The van der Waals surface area contributed by atoms with Crippen molar-refractivity contribution < 1.29 is 18.6 Å². The molecule has 0 bridgehead atoms. The fourth-order valence-electron chi connectivity index (χ4n) is 2.99. The molecule has 0 aromatic rings. The first kappa shape index (κ1) is 13.3. The van der Waals surface area contributed by atoms with Crippen LogP contribution in [0.15, 0.2) is 0 Å². The Morgan fingerprint density at radius 1 is 1.35 bits per heavy atom. The van der Waals surface area contributed by atoms with Gasteiger partial charge in [0, 0.05) is 13.1 Å². The summed E-state index contributed by atoms with van der Waals surface area (Å²) >= 11 is 0. The van der Waals surface area contributed by atoms with E-state index in [2.05, 4.69) is 13.8 Å². The second-order valence-electron chi connectivity index (χ2n) is 5.94. The first-order valence-corrected chi connectivity index (χ1v) is 7.88. The van der Waals surface area contributed by atoms with Crippen LogP contribution >= 0.6 is 0 Å². The summed E-state index contributed by atoms with van der Waals surface area (Å²) in [6.45, 7) is 5.05. The SMILES string of the molecule is CC(C)CC1(O)CN([C@@H]2CS(=O)(=O)C[C@H]2O)C1. The molecule has 100 valence electrons. The first-order valence-electron chi connectivity index (χ1n) is 6.06. The summed E-state index contributed by atoms with van der Waals surface area (Å²) < 4.78 is 22.8. The van der Waals surface area contributed by atoms with Crippen molar-refractivity contribution in [1.82, 2.24) is 4.90 Å². The largest absolute Gasteiger partial charge is 0.390 e. The van der Waals surface area contributed by atoms with Gasteiger partial charge in [-0.15, -0.1) is 0 Å². The van der Waals surface area contributed by atoms with Crippen molar-refractivity contribution in [3.05, 3.63) is 0 Å². The number of nitrogens with zero attached hydrogens (tertiary/aromatic N) is 1. The van der Waals surface area contributed by atoms with Gasteiger partial charge in [-0.1, -0.05) is 13.8 Å². The lowest BCUT2D eigenvalue weighted by Gasteiger charge is -2.50. The van der Waals surface area contributed by atoms with Crippen molar-refractivity contribution in [3.63, 3.8) is 0 Å². The van der Waals surface area contributed by atoms with Crippen molar-refractivity contribution in [3.8, 4) is 0 Å². The third-order valence-corrected chi connectivity index (χ3v) is 5.24.